The number of carbonyl (C=O) groups is 1. The Balaban J connectivity index is 1.49. The molecular weight excluding hydrogens is 338 g/mol. The molecule has 1 aliphatic rings. The molecule has 0 aliphatic heterocycles. The van der Waals surface area contributed by atoms with Gasteiger partial charge in [0, 0.05) is 10.8 Å². The minimum atomic E-state index is 0.146. The molecule has 1 amide bonds. The third-order valence-electron chi connectivity index (χ3n) is 4.03. The monoisotopic (exact) mass is 355 g/mol. The summed E-state index contributed by atoms with van der Waals surface area (Å²) in [4.78, 5) is 18.2. The molecule has 7 heteroatoms. The number of methoxy groups -OCH3 is 1. The zero-order chi connectivity index (χ0) is 17.2. The zero-order valence-electron chi connectivity index (χ0n) is 13.7. The normalized spacial score (nSPS) is 13.6. The van der Waals surface area contributed by atoms with E-state index in [4.69, 9.17) is 9.26 Å². The maximum absolute atomic E-state index is 11.7. The predicted octanol–water partition coefficient (Wildman–Crippen LogP) is 3.50. The van der Waals surface area contributed by atoms with E-state index in [1.54, 1.807) is 18.4 Å². The van der Waals surface area contributed by atoms with Crippen molar-refractivity contribution in [1.82, 2.24) is 15.5 Å². The van der Waals surface area contributed by atoms with Crippen molar-refractivity contribution in [2.45, 2.75) is 19.4 Å². The Labute approximate surface area is 148 Å². The fourth-order valence-corrected chi connectivity index (χ4v) is 3.38. The molecule has 1 fully saturated rings. The van der Waals surface area contributed by atoms with Crippen molar-refractivity contribution in [1.29, 1.82) is 0 Å². The number of amides is 1. The third kappa shape index (κ3) is 3.41. The van der Waals surface area contributed by atoms with Crippen molar-refractivity contribution in [3.05, 3.63) is 41.3 Å². The number of hydrogen-bond acceptors (Lipinski definition) is 6. The predicted molar refractivity (Wildman–Crippen MR) is 94.2 cm³/mol. The molecule has 3 aromatic rings. The van der Waals surface area contributed by atoms with Crippen LogP contribution in [0, 0.1) is 5.92 Å². The van der Waals surface area contributed by atoms with Crippen molar-refractivity contribution in [2.75, 3.05) is 7.11 Å². The van der Waals surface area contributed by atoms with Gasteiger partial charge in [-0.15, -0.1) is 11.3 Å². The minimum Gasteiger partial charge on any atom is -0.496 e. The lowest BCUT2D eigenvalue weighted by Gasteiger charge is -2.02. The molecule has 4 rings (SSSR count). The van der Waals surface area contributed by atoms with Crippen LogP contribution in [0.25, 0.3) is 22.2 Å². The fourth-order valence-electron chi connectivity index (χ4n) is 2.51. The Hall–Kier alpha value is -2.67. The van der Waals surface area contributed by atoms with E-state index in [1.807, 2.05) is 36.4 Å². The van der Waals surface area contributed by atoms with Crippen molar-refractivity contribution in [2.24, 2.45) is 5.92 Å². The highest BCUT2D eigenvalue weighted by atomic mass is 32.1. The Morgan fingerprint density at radius 1 is 1.32 bits per heavy atom. The van der Waals surface area contributed by atoms with Crippen LogP contribution in [0.4, 0.5) is 0 Å². The molecule has 1 N–H and O–H groups in total. The second-order valence-electron chi connectivity index (χ2n) is 5.88. The number of rotatable bonds is 6. The Bertz CT molecular complexity index is 898. The molecule has 2 aromatic heterocycles. The van der Waals surface area contributed by atoms with Gasteiger partial charge in [-0.1, -0.05) is 17.3 Å². The molecule has 1 saturated carbocycles. The van der Waals surface area contributed by atoms with Crippen LogP contribution in [0.1, 0.15) is 17.7 Å². The number of hydrogen-bond donors (Lipinski definition) is 1. The van der Waals surface area contributed by atoms with Gasteiger partial charge < -0.3 is 14.6 Å². The van der Waals surface area contributed by atoms with E-state index in [-0.39, 0.29) is 11.8 Å². The van der Waals surface area contributed by atoms with E-state index in [1.165, 1.54) is 0 Å². The summed E-state index contributed by atoms with van der Waals surface area (Å²) in [5, 5.41) is 7.03. The topological polar surface area (TPSA) is 77.2 Å². The van der Waals surface area contributed by atoms with Gasteiger partial charge in [-0.25, -0.2) is 0 Å². The van der Waals surface area contributed by atoms with Crippen LogP contribution in [0.15, 0.2) is 40.9 Å². The largest absolute Gasteiger partial charge is 0.496 e. The lowest BCUT2D eigenvalue weighted by atomic mass is 10.2. The second kappa shape index (κ2) is 6.68. The molecule has 1 aromatic carbocycles. The molecule has 0 bridgehead atoms. The molecule has 25 heavy (non-hydrogen) atoms. The van der Waals surface area contributed by atoms with Gasteiger partial charge in [-0.3, -0.25) is 4.79 Å². The SMILES string of the molecule is COc1ccccc1-c1nc(-c2ccc(CNC(=O)C3CC3)s2)no1. The van der Waals surface area contributed by atoms with Gasteiger partial charge >= 0.3 is 0 Å². The first-order chi connectivity index (χ1) is 12.2. The van der Waals surface area contributed by atoms with Crippen molar-refractivity contribution < 1.29 is 14.1 Å². The van der Waals surface area contributed by atoms with Crippen LogP contribution in [-0.2, 0) is 11.3 Å². The summed E-state index contributed by atoms with van der Waals surface area (Å²) in [6.07, 6.45) is 2.02. The number of ether oxygens (including phenoxy) is 1. The summed E-state index contributed by atoms with van der Waals surface area (Å²) in [6, 6.07) is 11.4. The van der Waals surface area contributed by atoms with E-state index in [0.29, 0.717) is 24.0 Å². The lowest BCUT2D eigenvalue weighted by Crippen LogP contribution is -2.23. The Morgan fingerprint density at radius 3 is 2.96 bits per heavy atom. The zero-order valence-corrected chi connectivity index (χ0v) is 14.5. The summed E-state index contributed by atoms with van der Waals surface area (Å²) < 4.78 is 10.7. The van der Waals surface area contributed by atoms with E-state index < -0.39 is 0 Å². The fraction of sp³-hybridized carbons (Fsp3) is 0.278. The van der Waals surface area contributed by atoms with Crippen LogP contribution in [0.3, 0.4) is 0 Å². The number of nitrogens with one attached hydrogen (secondary N) is 1. The summed E-state index contributed by atoms with van der Waals surface area (Å²) in [5.74, 6) is 2.01. The van der Waals surface area contributed by atoms with Crippen molar-refractivity contribution in [3.63, 3.8) is 0 Å². The van der Waals surface area contributed by atoms with Crippen LogP contribution in [0.2, 0.25) is 0 Å². The molecule has 0 radical (unpaired) electrons. The molecule has 0 atom stereocenters. The van der Waals surface area contributed by atoms with Crippen molar-refractivity contribution in [3.8, 4) is 27.9 Å². The molecule has 0 spiro atoms. The van der Waals surface area contributed by atoms with E-state index in [2.05, 4.69) is 15.5 Å². The summed E-state index contributed by atoms with van der Waals surface area (Å²) in [6.45, 7) is 0.539. The minimum absolute atomic E-state index is 0.146. The van der Waals surface area contributed by atoms with Crippen LogP contribution in [0.5, 0.6) is 5.75 Å². The quantitative estimate of drug-likeness (QED) is 0.732. The van der Waals surface area contributed by atoms with Gasteiger partial charge in [0.25, 0.3) is 5.89 Å². The van der Waals surface area contributed by atoms with Crippen molar-refractivity contribution >= 4 is 17.2 Å². The number of carbonyl (C=O) groups excluding carboxylic acids is 1. The molecule has 0 unspecified atom stereocenters. The van der Waals surface area contributed by atoms with Crippen LogP contribution >= 0.6 is 11.3 Å². The summed E-state index contributed by atoms with van der Waals surface area (Å²) >= 11 is 1.55. The maximum Gasteiger partial charge on any atom is 0.262 e. The Kier molecular flexibility index (Phi) is 4.23. The molecular formula is C18H17N3O3S. The molecule has 6 nitrogen and oxygen atoms in total. The first-order valence-corrected chi connectivity index (χ1v) is 8.90. The highest BCUT2D eigenvalue weighted by molar-refractivity contribution is 7.15. The van der Waals surface area contributed by atoms with Gasteiger partial charge in [0.15, 0.2) is 0 Å². The standard InChI is InChI=1S/C18H17N3O3S/c1-23-14-5-3-2-4-13(14)18-20-16(21-24-18)15-9-8-12(25-15)10-19-17(22)11-6-7-11/h2-5,8-9,11H,6-7,10H2,1H3,(H,19,22). The number of aromatic nitrogens is 2. The van der Waals surface area contributed by atoms with Gasteiger partial charge in [-0.2, -0.15) is 4.98 Å². The van der Waals surface area contributed by atoms with E-state index >= 15 is 0 Å². The summed E-state index contributed by atoms with van der Waals surface area (Å²) in [5.41, 5.74) is 0.761. The second-order valence-corrected chi connectivity index (χ2v) is 7.05. The van der Waals surface area contributed by atoms with Gasteiger partial charge in [0.05, 0.1) is 24.1 Å². The summed E-state index contributed by atoms with van der Waals surface area (Å²) in [7, 11) is 1.61. The van der Waals surface area contributed by atoms with E-state index in [9.17, 15) is 4.79 Å². The average molecular weight is 355 g/mol. The highest BCUT2D eigenvalue weighted by Crippen LogP contribution is 2.32. The van der Waals surface area contributed by atoms with Crippen LogP contribution in [-0.4, -0.2) is 23.2 Å². The number of benzene rings is 1. The molecule has 1 aliphatic carbocycles. The van der Waals surface area contributed by atoms with Gasteiger partial charge in [0.2, 0.25) is 11.7 Å². The number of para-hydroxylation sites is 1. The third-order valence-corrected chi connectivity index (χ3v) is 5.11. The van der Waals surface area contributed by atoms with Gasteiger partial charge in [-0.05, 0) is 37.1 Å². The Morgan fingerprint density at radius 2 is 2.16 bits per heavy atom. The lowest BCUT2D eigenvalue weighted by molar-refractivity contribution is -0.122. The maximum atomic E-state index is 11.7. The van der Waals surface area contributed by atoms with E-state index in [0.717, 1.165) is 28.2 Å². The number of nitrogens with zero attached hydrogens (tertiary/aromatic N) is 2. The highest BCUT2D eigenvalue weighted by Gasteiger charge is 2.29. The molecule has 0 saturated heterocycles. The smallest absolute Gasteiger partial charge is 0.262 e. The molecule has 128 valence electrons. The van der Waals surface area contributed by atoms with Crippen LogP contribution < -0.4 is 10.1 Å². The van der Waals surface area contributed by atoms with Gasteiger partial charge in [0.1, 0.15) is 5.75 Å². The number of thiophene rings is 1. The first kappa shape index (κ1) is 15.8. The first-order valence-electron chi connectivity index (χ1n) is 8.08. The molecule has 2 heterocycles. The average Bonchev–Trinajstić information content (AvgIpc) is 3.19.